The Hall–Kier alpha value is -0.470. The van der Waals surface area contributed by atoms with Gasteiger partial charge in [-0.1, -0.05) is 36.7 Å². The van der Waals surface area contributed by atoms with Crippen LogP contribution in [0.25, 0.3) is 0 Å². The molecule has 0 saturated carbocycles. The number of carbonyl (C=O) groups excluding carboxylic acids is 1. The van der Waals surface area contributed by atoms with Gasteiger partial charge in [-0.2, -0.15) is 11.8 Å². The van der Waals surface area contributed by atoms with E-state index in [0.717, 1.165) is 16.3 Å². The fraction of sp³-hybridized carbons (Fsp3) is 0.417. The van der Waals surface area contributed by atoms with E-state index in [1.165, 1.54) is 0 Å². The van der Waals surface area contributed by atoms with Crippen molar-refractivity contribution >= 4 is 29.1 Å². The van der Waals surface area contributed by atoms with Crippen LogP contribution in [-0.4, -0.2) is 11.0 Å². The highest BCUT2D eigenvalue weighted by molar-refractivity contribution is 7.99. The lowest BCUT2D eigenvalue weighted by Crippen LogP contribution is -2.03. The molecule has 0 bridgehead atoms. The van der Waals surface area contributed by atoms with Gasteiger partial charge in [0.25, 0.3) is 0 Å². The van der Waals surface area contributed by atoms with Crippen molar-refractivity contribution in [3.8, 4) is 0 Å². The van der Waals surface area contributed by atoms with Crippen molar-refractivity contribution < 1.29 is 4.79 Å². The molecular formula is C12H15ClOS. The Morgan fingerprint density at radius 1 is 1.47 bits per heavy atom. The molecule has 0 aliphatic rings. The third-order valence-corrected chi connectivity index (χ3v) is 3.64. The van der Waals surface area contributed by atoms with E-state index in [4.69, 9.17) is 11.6 Å². The monoisotopic (exact) mass is 242 g/mol. The Bertz CT molecular complexity index is 338. The first-order valence-electron chi connectivity index (χ1n) is 4.94. The normalized spacial score (nSPS) is 12.5. The molecule has 0 saturated heterocycles. The fourth-order valence-corrected chi connectivity index (χ4v) is 2.66. The SMILES string of the molecule is CC(=O)CC(C)SCc1ccccc1Cl. The summed E-state index contributed by atoms with van der Waals surface area (Å²) in [6, 6.07) is 7.83. The Balaban J connectivity index is 2.43. The van der Waals surface area contributed by atoms with Crippen LogP contribution < -0.4 is 0 Å². The van der Waals surface area contributed by atoms with Crippen LogP contribution in [0.1, 0.15) is 25.8 Å². The number of carbonyl (C=O) groups is 1. The number of benzene rings is 1. The van der Waals surface area contributed by atoms with Crippen LogP contribution in [0.3, 0.4) is 0 Å². The van der Waals surface area contributed by atoms with Gasteiger partial charge in [0.15, 0.2) is 0 Å². The fourth-order valence-electron chi connectivity index (χ4n) is 1.31. The van der Waals surface area contributed by atoms with E-state index >= 15 is 0 Å². The lowest BCUT2D eigenvalue weighted by Gasteiger charge is -2.09. The minimum atomic E-state index is 0.245. The predicted molar refractivity (Wildman–Crippen MR) is 67.5 cm³/mol. The average molecular weight is 243 g/mol. The maximum absolute atomic E-state index is 10.9. The van der Waals surface area contributed by atoms with Gasteiger partial charge in [-0.15, -0.1) is 0 Å². The molecule has 0 amide bonds. The van der Waals surface area contributed by atoms with Crippen molar-refractivity contribution in [1.29, 1.82) is 0 Å². The lowest BCUT2D eigenvalue weighted by atomic mass is 10.2. The average Bonchev–Trinajstić information content (AvgIpc) is 2.15. The van der Waals surface area contributed by atoms with Gasteiger partial charge in [0.1, 0.15) is 5.78 Å². The van der Waals surface area contributed by atoms with Gasteiger partial charge in [0, 0.05) is 22.4 Å². The second kappa shape index (κ2) is 6.19. The molecule has 0 radical (unpaired) electrons. The van der Waals surface area contributed by atoms with Crippen molar-refractivity contribution in [2.45, 2.75) is 31.3 Å². The van der Waals surface area contributed by atoms with E-state index in [-0.39, 0.29) is 5.78 Å². The largest absolute Gasteiger partial charge is 0.300 e. The molecule has 0 fully saturated rings. The smallest absolute Gasteiger partial charge is 0.130 e. The molecular weight excluding hydrogens is 228 g/mol. The van der Waals surface area contributed by atoms with Crippen LogP contribution in [0.4, 0.5) is 0 Å². The topological polar surface area (TPSA) is 17.1 Å². The summed E-state index contributed by atoms with van der Waals surface area (Å²) in [5.74, 6) is 1.11. The maximum atomic E-state index is 10.9. The Morgan fingerprint density at radius 2 is 2.13 bits per heavy atom. The van der Waals surface area contributed by atoms with Crippen LogP contribution in [0.5, 0.6) is 0 Å². The van der Waals surface area contributed by atoms with Gasteiger partial charge in [0.05, 0.1) is 0 Å². The quantitative estimate of drug-likeness (QED) is 0.778. The molecule has 82 valence electrons. The molecule has 0 aliphatic heterocycles. The number of thioether (sulfide) groups is 1. The van der Waals surface area contributed by atoms with Crippen molar-refractivity contribution in [2.24, 2.45) is 0 Å². The molecule has 1 aromatic rings. The minimum Gasteiger partial charge on any atom is -0.300 e. The Kier molecular flexibility index (Phi) is 5.20. The standard InChI is InChI=1S/C12H15ClOS/c1-9(14)7-10(2)15-8-11-5-3-4-6-12(11)13/h3-6,10H,7-8H2,1-2H3. The van der Waals surface area contributed by atoms with Crippen molar-refractivity contribution in [1.82, 2.24) is 0 Å². The highest BCUT2D eigenvalue weighted by atomic mass is 35.5. The zero-order chi connectivity index (χ0) is 11.3. The van der Waals surface area contributed by atoms with Gasteiger partial charge in [-0.25, -0.2) is 0 Å². The molecule has 3 heteroatoms. The number of ketones is 1. The summed E-state index contributed by atoms with van der Waals surface area (Å²) >= 11 is 7.80. The van der Waals surface area contributed by atoms with Gasteiger partial charge >= 0.3 is 0 Å². The van der Waals surface area contributed by atoms with E-state index < -0.39 is 0 Å². The summed E-state index contributed by atoms with van der Waals surface area (Å²) in [5.41, 5.74) is 1.14. The van der Waals surface area contributed by atoms with Gasteiger partial charge in [-0.05, 0) is 18.6 Å². The van der Waals surface area contributed by atoms with Crippen molar-refractivity contribution in [3.05, 3.63) is 34.9 Å². The van der Waals surface area contributed by atoms with Gasteiger partial charge < -0.3 is 0 Å². The number of Topliss-reactive ketones (excluding diaryl/α,β-unsaturated/α-hetero) is 1. The summed E-state index contributed by atoms with van der Waals surface area (Å²) in [6.07, 6.45) is 0.634. The summed E-state index contributed by atoms with van der Waals surface area (Å²) in [7, 11) is 0. The third-order valence-electron chi connectivity index (χ3n) is 2.06. The van der Waals surface area contributed by atoms with Crippen molar-refractivity contribution in [3.63, 3.8) is 0 Å². The first-order valence-corrected chi connectivity index (χ1v) is 6.36. The molecule has 15 heavy (non-hydrogen) atoms. The molecule has 0 heterocycles. The second-order valence-corrected chi connectivity index (χ2v) is 5.45. The summed E-state index contributed by atoms with van der Waals surface area (Å²) in [4.78, 5) is 10.9. The molecule has 0 aliphatic carbocycles. The van der Waals surface area contributed by atoms with E-state index in [9.17, 15) is 4.79 Å². The Morgan fingerprint density at radius 3 is 2.73 bits per heavy atom. The van der Waals surface area contributed by atoms with E-state index in [0.29, 0.717) is 11.7 Å². The van der Waals surface area contributed by atoms with Gasteiger partial charge in [0.2, 0.25) is 0 Å². The lowest BCUT2D eigenvalue weighted by molar-refractivity contribution is -0.116. The second-order valence-electron chi connectivity index (χ2n) is 3.62. The molecule has 0 spiro atoms. The maximum Gasteiger partial charge on any atom is 0.130 e. The third kappa shape index (κ3) is 4.72. The predicted octanol–water partition coefficient (Wildman–Crippen LogP) is 3.94. The zero-order valence-electron chi connectivity index (χ0n) is 9.00. The van der Waals surface area contributed by atoms with E-state index in [1.807, 2.05) is 24.3 Å². The van der Waals surface area contributed by atoms with Crippen molar-refractivity contribution in [2.75, 3.05) is 0 Å². The molecule has 0 N–H and O–H groups in total. The summed E-state index contributed by atoms with van der Waals surface area (Å²) < 4.78 is 0. The van der Waals surface area contributed by atoms with E-state index in [2.05, 4.69) is 6.92 Å². The highest BCUT2D eigenvalue weighted by Crippen LogP contribution is 2.24. The van der Waals surface area contributed by atoms with Crippen LogP contribution >= 0.6 is 23.4 Å². The molecule has 1 aromatic carbocycles. The summed E-state index contributed by atoms with van der Waals surface area (Å²) in [5, 5.41) is 1.17. The number of rotatable bonds is 5. The highest BCUT2D eigenvalue weighted by Gasteiger charge is 2.07. The first kappa shape index (κ1) is 12.6. The number of halogens is 1. The Labute approximate surface area is 100 Å². The first-order chi connectivity index (χ1) is 7.09. The number of hydrogen-bond acceptors (Lipinski definition) is 2. The molecule has 1 unspecified atom stereocenters. The van der Waals surface area contributed by atoms with E-state index in [1.54, 1.807) is 18.7 Å². The zero-order valence-corrected chi connectivity index (χ0v) is 10.6. The van der Waals surface area contributed by atoms with Crippen LogP contribution in [0, 0.1) is 0 Å². The van der Waals surface area contributed by atoms with Gasteiger partial charge in [-0.3, -0.25) is 4.79 Å². The molecule has 1 atom stereocenters. The minimum absolute atomic E-state index is 0.245. The molecule has 1 nitrogen and oxygen atoms in total. The molecule has 0 aromatic heterocycles. The summed E-state index contributed by atoms with van der Waals surface area (Å²) in [6.45, 7) is 3.70. The van der Waals surface area contributed by atoms with Crippen LogP contribution in [-0.2, 0) is 10.5 Å². The number of hydrogen-bond donors (Lipinski definition) is 0. The molecule has 1 rings (SSSR count). The van der Waals surface area contributed by atoms with Crippen LogP contribution in [0.2, 0.25) is 5.02 Å². The van der Waals surface area contributed by atoms with Crippen LogP contribution in [0.15, 0.2) is 24.3 Å².